The second-order valence-corrected chi connectivity index (χ2v) is 4.81. The van der Waals surface area contributed by atoms with E-state index in [2.05, 4.69) is 10.2 Å². The molecule has 0 radical (unpaired) electrons. The minimum absolute atomic E-state index is 0.365. The highest BCUT2D eigenvalue weighted by Gasteiger charge is 2.15. The molecule has 0 unspecified atom stereocenters. The van der Waals surface area contributed by atoms with Gasteiger partial charge in [0.15, 0.2) is 0 Å². The molecule has 0 spiro atoms. The number of aromatic nitrogens is 4. The van der Waals surface area contributed by atoms with Gasteiger partial charge in [0, 0.05) is 43.2 Å². The van der Waals surface area contributed by atoms with Crippen LogP contribution in [0.15, 0.2) is 30.9 Å². The number of carbonyl (C=O) groups excluding carboxylic acids is 1. The average Bonchev–Trinajstić information content (AvgIpc) is 3.05. The van der Waals surface area contributed by atoms with Gasteiger partial charge in [-0.05, 0) is 6.07 Å². The number of amides is 1. The topological polar surface area (TPSA) is 87.4 Å². The fourth-order valence-corrected chi connectivity index (χ4v) is 2.38. The van der Waals surface area contributed by atoms with Crippen molar-refractivity contribution in [3.05, 3.63) is 42.0 Å². The summed E-state index contributed by atoms with van der Waals surface area (Å²) >= 11 is 0. The standard InChI is InChI=1S/C14H15N5O2/c1-18-6-11(4-16-18)9-3-10(8-21-2)13-12(14(15)20)5-17-19(13)7-9/h3-7H,8H2,1-2H3,(H2,15,20). The molecule has 3 aromatic rings. The highest BCUT2D eigenvalue weighted by atomic mass is 16.5. The van der Waals surface area contributed by atoms with E-state index >= 15 is 0 Å². The largest absolute Gasteiger partial charge is 0.380 e. The Kier molecular flexibility index (Phi) is 3.19. The maximum Gasteiger partial charge on any atom is 0.252 e. The summed E-state index contributed by atoms with van der Waals surface area (Å²) in [5.74, 6) is -0.503. The first-order valence-corrected chi connectivity index (χ1v) is 6.38. The summed E-state index contributed by atoms with van der Waals surface area (Å²) in [5, 5.41) is 8.37. The summed E-state index contributed by atoms with van der Waals surface area (Å²) in [7, 11) is 3.46. The van der Waals surface area contributed by atoms with Gasteiger partial charge in [-0.2, -0.15) is 10.2 Å². The van der Waals surface area contributed by atoms with E-state index in [4.69, 9.17) is 10.5 Å². The Morgan fingerprint density at radius 1 is 1.29 bits per heavy atom. The van der Waals surface area contributed by atoms with E-state index in [1.54, 1.807) is 22.5 Å². The van der Waals surface area contributed by atoms with E-state index in [1.807, 2.05) is 25.5 Å². The molecular weight excluding hydrogens is 270 g/mol. The molecule has 2 N–H and O–H groups in total. The highest BCUT2D eigenvalue weighted by Crippen LogP contribution is 2.25. The molecule has 108 valence electrons. The van der Waals surface area contributed by atoms with Crippen LogP contribution in [-0.2, 0) is 18.4 Å². The molecule has 3 heterocycles. The Balaban J connectivity index is 2.24. The van der Waals surface area contributed by atoms with Crippen LogP contribution in [0.1, 0.15) is 15.9 Å². The monoisotopic (exact) mass is 285 g/mol. The smallest absolute Gasteiger partial charge is 0.252 e. The van der Waals surface area contributed by atoms with Crippen LogP contribution in [0.5, 0.6) is 0 Å². The molecule has 0 aliphatic carbocycles. The number of aryl methyl sites for hydroxylation is 1. The number of carbonyl (C=O) groups is 1. The predicted molar refractivity (Wildman–Crippen MR) is 76.6 cm³/mol. The van der Waals surface area contributed by atoms with Gasteiger partial charge in [0.2, 0.25) is 0 Å². The first-order valence-electron chi connectivity index (χ1n) is 6.38. The predicted octanol–water partition coefficient (Wildman–Crippen LogP) is 0.980. The van der Waals surface area contributed by atoms with Crippen molar-refractivity contribution in [3.8, 4) is 11.1 Å². The number of nitrogens with zero attached hydrogens (tertiary/aromatic N) is 4. The summed E-state index contributed by atoms with van der Waals surface area (Å²) in [6.45, 7) is 0.365. The van der Waals surface area contributed by atoms with Crippen molar-refractivity contribution >= 4 is 11.4 Å². The molecule has 0 bridgehead atoms. The SMILES string of the molecule is COCc1cc(-c2cnn(C)c2)cn2ncc(C(N)=O)c12. The molecule has 0 aliphatic rings. The van der Waals surface area contributed by atoms with Crippen LogP contribution in [0.3, 0.4) is 0 Å². The van der Waals surface area contributed by atoms with Gasteiger partial charge in [-0.15, -0.1) is 0 Å². The van der Waals surface area contributed by atoms with Gasteiger partial charge < -0.3 is 10.5 Å². The van der Waals surface area contributed by atoms with Gasteiger partial charge in [0.05, 0.1) is 30.1 Å². The maximum atomic E-state index is 11.5. The molecule has 7 heteroatoms. The second-order valence-electron chi connectivity index (χ2n) is 4.81. The average molecular weight is 285 g/mol. The Morgan fingerprint density at radius 3 is 2.71 bits per heavy atom. The Hall–Kier alpha value is -2.67. The van der Waals surface area contributed by atoms with E-state index < -0.39 is 5.91 Å². The molecule has 0 fully saturated rings. The van der Waals surface area contributed by atoms with Crippen molar-refractivity contribution in [2.24, 2.45) is 12.8 Å². The Bertz CT molecular complexity index is 818. The third-order valence-electron chi connectivity index (χ3n) is 3.29. The van der Waals surface area contributed by atoms with Crippen molar-refractivity contribution < 1.29 is 9.53 Å². The first kappa shape index (κ1) is 13.3. The lowest BCUT2D eigenvalue weighted by Crippen LogP contribution is -2.11. The number of hydrogen-bond acceptors (Lipinski definition) is 4. The number of nitrogens with two attached hydrogens (primary N) is 1. The normalized spacial score (nSPS) is 11.1. The molecule has 3 rings (SSSR count). The van der Waals surface area contributed by atoms with Crippen LogP contribution in [0.25, 0.3) is 16.6 Å². The fraction of sp³-hybridized carbons (Fsp3) is 0.214. The zero-order valence-electron chi connectivity index (χ0n) is 11.8. The van der Waals surface area contributed by atoms with E-state index in [0.717, 1.165) is 16.7 Å². The van der Waals surface area contributed by atoms with Gasteiger partial charge in [0.25, 0.3) is 5.91 Å². The van der Waals surface area contributed by atoms with E-state index in [1.165, 1.54) is 6.20 Å². The number of primary amides is 1. The van der Waals surface area contributed by atoms with Crippen molar-refractivity contribution in [3.63, 3.8) is 0 Å². The molecule has 0 saturated heterocycles. The molecule has 1 amide bonds. The summed E-state index contributed by atoms with van der Waals surface area (Å²) < 4.78 is 8.60. The van der Waals surface area contributed by atoms with Crippen LogP contribution >= 0.6 is 0 Å². The summed E-state index contributed by atoms with van der Waals surface area (Å²) in [6, 6.07) is 1.96. The van der Waals surface area contributed by atoms with Gasteiger partial charge in [-0.3, -0.25) is 9.48 Å². The minimum atomic E-state index is -0.503. The van der Waals surface area contributed by atoms with Crippen LogP contribution in [-0.4, -0.2) is 32.4 Å². The summed E-state index contributed by atoms with van der Waals surface area (Å²) in [5.41, 5.74) is 9.23. The number of hydrogen-bond donors (Lipinski definition) is 1. The molecule has 0 aromatic carbocycles. The lowest BCUT2D eigenvalue weighted by Gasteiger charge is -2.07. The van der Waals surface area contributed by atoms with Gasteiger partial charge in [-0.1, -0.05) is 0 Å². The quantitative estimate of drug-likeness (QED) is 0.774. The minimum Gasteiger partial charge on any atom is -0.380 e. The lowest BCUT2D eigenvalue weighted by molar-refractivity contribution is 0.100. The van der Waals surface area contributed by atoms with Crippen LogP contribution in [0.4, 0.5) is 0 Å². The third-order valence-corrected chi connectivity index (χ3v) is 3.29. The molecule has 3 aromatic heterocycles. The second kappa shape index (κ2) is 5.02. The van der Waals surface area contributed by atoms with E-state index in [9.17, 15) is 4.79 Å². The Labute approximate surface area is 120 Å². The van der Waals surface area contributed by atoms with Crippen LogP contribution in [0, 0.1) is 0 Å². The van der Waals surface area contributed by atoms with Crippen LogP contribution < -0.4 is 5.73 Å². The number of pyridine rings is 1. The van der Waals surface area contributed by atoms with E-state index in [-0.39, 0.29) is 0 Å². The van der Waals surface area contributed by atoms with Gasteiger partial charge >= 0.3 is 0 Å². The van der Waals surface area contributed by atoms with Crippen molar-refractivity contribution in [1.82, 2.24) is 19.4 Å². The summed E-state index contributed by atoms with van der Waals surface area (Å²) in [4.78, 5) is 11.5. The first-order chi connectivity index (χ1) is 10.1. The third kappa shape index (κ3) is 2.27. The summed E-state index contributed by atoms with van der Waals surface area (Å²) in [6.07, 6.45) is 7.01. The van der Waals surface area contributed by atoms with Crippen molar-refractivity contribution in [2.45, 2.75) is 6.61 Å². The number of fused-ring (bicyclic) bond motifs is 1. The number of methoxy groups -OCH3 is 1. The van der Waals surface area contributed by atoms with Crippen molar-refractivity contribution in [1.29, 1.82) is 0 Å². The molecule has 21 heavy (non-hydrogen) atoms. The molecule has 0 atom stereocenters. The molecular formula is C14H15N5O2. The zero-order valence-corrected chi connectivity index (χ0v) is 11.8. The molecule has 7 nitrogen and oxygen atoms in total. The lowest BCUT2D eigenvalue weighted by atomic mass is 10.1. The van der Waals surface area contributed by atoms with Gasteiger partial charge in [-0.25, -0.2) is 4.52 Å². The maximum absolute atomic E-state index is 11.5. The van der Waals surface area contributed by atoms with Crippen LogP contribution in [0.2, 0.25) is 0 Å². The van der Waals surface area contributed by atoms with Crippen molar-refractivity contribution in [2.75, 3.05) is 7.11 Å². The fourth-order valence-electron chi connectivity index (χ4n) is 2.38. The number of rotatable bonds is 4. The molecule has 0 saturated carbocycles. The van der Waals surface area contributed by atoms with E-state index in [0.29, 0.717) is 17.7 Å². The number of ether oxygens (including phenoxy) is 1. The highest BCUT2D eigenvalue weighted by molar-refractivity contribution is 6.00. The van der Waals surface area contributed by atoms with Gasteiger partial charge in [0.1, 0.15) is 0 Å². The Morgan fingerprint density at radius 2 is 2.10 bits per heavy atom. The zero-order chi connectivity index (χ0) is 15.0. The molecule has 0 aliphatic heterocycles.